The van der Waals surface area contributed by atoms with Crippen LogP contribution in [0.25, 0.3) is 10.2 Å². The number of hydrogen-bond donors (Lipinski definition) is 0. The van der Waals surface area contributed by atoms with E-state index in [1.165, 1.54) is 9.71 Å². The Labute approximate surface area is 113 Å². The van der Waals surface area contributed by atoms with Crippen LogP contribution in [0.2, 0.25) is 12.6 Å². The molecule has 0 N–H and O–H groups in total. The molecule has 0 saturated carbocycles. The summed E-state index contributed by atoms with van der Waals surface area (Å²) >= 11 is 1.79. The molecule has 0 amide bonds. The lowest BCUT2D eigenvalue weighted by atomic mass is 10.3. The lowest BCUT2D eigenvalue weighted by molar-refractivity contribution is 0.248. The Kier molecular flexibility index (Phi) is 4.50. The summed E-state index contributed by atoms with van der Waals surface area (Å²) in [6.07, 6.45) is 2.08. The molecule has 2 aromatic rings. The van der Waals surface area contributed by atoms with Crippen molar-refractivity contribution < 1.29 is 8.85 Å². The van der Waals surface area contributed by atoms with Crippen LogP contribution in [-0.2, 0) is 15.3 Å². The molecule has 5 heteroatoms. The summed E-state index contributed by atoms with van der Waals surface area (Å²) in [6, 6.07) is 9.30. The molecule has 0 bridgehead atoms. The van der Waals surface area contributed by atoms with E-state index in [4.69, 9.17) is 8.85 Å². The maximum absolute atomic E-state index is 5.48. The first-order valence-corrected chi connectivity index (χ1v) is 9.45. The first-order chi connectivity index (χ1) is 8.67. The van der Waals surface area contributed by atoms with E-state index in [2.05, 4.69) is 29.7 Å². The van der Waals surface area contributed by atoms with Gasteiger partial charge >= 0.3 is 8.56 Å². The average Bonchev–Trinajstić information content (AvgIpc) is 2.81. The molecule has 1 aromatic heterocycles. The van der Waals surface area contributed by atoms with Crippen LogP contribution >= 0.6 is 11.3 Å². The molecule has 0 unspecified atom stereocenters. The topological polar surface area (TPSA) is 31.4 Å². The smallest absolute Gasteiger partial charge is 0.334 e. The van der Waals surface area contributed by atoms with Crippen molar-refractivity contribution in [3.8, 4) is 0 Å². The molecular formula is C13H19NO2SSi. The van der Waals surface area contributed by atoms with Crippen molar-refractivity contribution >= 4 is 30.1 Å². The van der Waals surface area contributed by atoms with Crippen molar-refractivity contribution in [3.05, 3.63) is 29.3 Å². The SMILES string of the molecule is CO[Si](C)(CCCc1nc2ccccc2s1)OC. The number of thiazole rings is 1. The third kappa shape index (κ3) is 3.17. The van der Waals surface area contributed by atoms with Crippen LogP contribution in [0.15, 0.2) is 24.3 Å². The quantitative estimate of drug-likeness (QED) is 0.758. The minimum Gasteiger partial charge on any atom is -0.398 e. The molecule has 0 aliphatic heterocycles. The Morgan fingerprint density at radius 1 is 1.22 bits per heavy atom. The molecule has 0 spiro atoms. The number of para-hydroxylation sites is 1. The van der Waals surface area contributed by atoms with Gasteiger partial charge in [-0.15, -0.1) is 11.3 Å². The molecule has 0 fully saturated rings. The largest absolute Gasteiger partial charge is 0.398 e. The average molecular weight is 281 g/mol. The summed E-state index contributed by atoms with van der Waals surface area (Å²) in [7, 11) is 1.57. The van der Waals surface area contributed by atoms with Gasteiger partial charge in [-0.25, -0.2) is 4.98 Å². The van der Waals surface area contributed by atoms with E-state index >= 15 is 0 Å². The molecule has 0 radical (unpaired) electrons. The van der Waals surface area contributed by atoms with Gasteiger partial charge < -0.3 is 8.85 Å². The van der Waals surface area contributed by atoms with Crippen LogP contribution in [0, 0.1) is 0 Å². The molecule has 0 aliphatic rings. The van der Waals surface area contributed by atoms with E-state index in [-0.39, 0.29) is 0 Å². The van der Waals surface area contributed by atoms with Crippen LogP contribution in [0.5, 0.6) is 0 Å². The van der Waals surface area contributed by atoms with Crippen molar-refractivity contribution in [1.82, 2.24) is 4.98 Å². The van der Waals surface area contributed by atoms with Crippen LogP contribution in [0.4, 0.5) is 0 Å². The van der Waals surface area contributed by atoms with Crippen LogP contribution in [-0.4, -0.2) is 27.8 Å². The number of hydrogen-bond acceptors (Lipinski definition) is 4. The molecule has 0 atom stereocenters. The van der Waals surface area contributed by atoms with Crippen LogP contribution in [0.1, 0.15) is 11.4 Å². The lowest BCUT2D eigenvalue weighted by Crippen LogP contribution is -2.35. The van der Waals surface area contributed by atoms with Gasteiger partial charge in [-0.3, -0.25) is 0 Å². The zero-order valence-electron chi connectivity index (χ0n) is 11.1. The number of aryl methyl sites for hydroxylation is 1. The Morgan fingerprint density at radius 3 is 2.61 bits per heavy atom. The van der Waals surface area contributed by atoms with Gasteiger partial charge in [0, 0.05) is 14.2 Å². The summed E-state index contributed by atoms with van der Waals surface area (Å²) in [4.78, 5) is 4.64. The Balaban J connectivity index is 1.94. The van der Waals surface area contributed by atoms with E-state index in [9.17, 15) is 0 Å². The van der Waals surface area contributed by atoms with Gasteiger partial charge in [0.25, 0.3) is 0 Å². The van der Waals surface area contributed by atoms with Crippen LogP contribution < -0.4 is 0 Å². The van der Waals surface area contributed by atoms with Crippen molar-refractivity contribution in [2.45, 2.75) is 25.4 Å². The highest BCUT2D eigenvalue weighted by Gasteiger charge is 2.27. The summed E-state index contributed by atoms with van der Waals surface area (Å²) < 4.78 is 12.2. The summed E-state index contributed by atoms with van der Waals surface area (Å²) in [5.74, 6) is 0. The maximum atomic E-state index is 5.48. The summed E-state index contributed by atoms with van der Waals surface area (Å²) in [6.45, 7) is 2.10. The van der Waals surface area contributed by atoms with Crippen molar-refractivity contribution in [3.63, 3.8) is 0 Å². The lowest BCUT2D eigenvalue weighted by Gasteiger charge is -2.22. The highest BCUT2D eigenvalue weighted by atomic mass is 32.1. The molecule has 1 aromatic carbocycles. The minimum atomic E-state index is -1.91. The molecule has 3 nitrogen and oxygen atoms in total. The van der Waals surface area contributed by atoms with Gasteiger partial charge in [-0.05, 0) is 37.6 Å². The van der Waals surface area contributed by atoms with Gasteiger partial charge in [-0.2, -0.15) is 0 Å². The molecule has 0 saturated heterocycles. The Bertz CT molecular complexity index is 477. The van der Waals surface area contributed by atoms with E-state index in [1.807, 2.05) is 6.07 Å². The number of benzene rings is 1. The molecule has 98 valence electrons. The van der Waals surface area contributed by atoms with E-state index in [0.717, 1.165) is 24.4 Å². The Morgan fingerprint density at radius 2 is 1.94 bits per heavy atom. The fraction of sp³-hybridized carbons (Fsp3) is 0.462. The summed E-state index contributed by atoms with van der Waals surface area (Å²) in [5, 5.41) is 1.21. The zero-order chi connectivity index (χ0) is 13.0. The Hall–Kier alpha value is -0.753. The minimum absolute atomic E-state index is 1.01. The fourth-order valence-corrected chi connectivity index (χ4v) is 4.28. The molecular weight excluding hydrogens is 262 g/mol. The van der Waals surface area contributed by atoms with Gasteiger partial charge in [0.15, 0.2) is 0 Å². The monoisotopic (exact) mass is 281 g/mol. The second kappa shape index (κ2) is 5.93. The molecule has 1 heterocycles. The number of nitrogens with zero attached hydrogens (tertiary/aromatic N) is 1. The third-order valence-corrected chi connectivity index (χ3v) is 7.31. The van der Waals surface area contributed by atoms with Crippen molar-refractivity contribution in [2.24, 2.45) is 0 Å². The first-order valence-electron chi connectivity index (χ1n) is 6.11. The normalized spacial score (nSPS) is 12.2. The number of rotatable bonds is 6. The summed E-state index contributed by atoms with van der Waals surface area (Å²) in [5.41, 5.74) is 1.11. The highest BCUT2D eigenvalue weighted by Crippen LogP contribution is 2.24. The van der Waals surface area contributed by atoms with Gasteiger partial charge in [-0.1, -0.05) is 12.1 Å². The number of fused-ring (bicyclic) bond motifs is 1. The second-order valence-corrected chi connectivity index (χ2v) is 9.17. The third-order valence-electron chi connectivity index (χ3n) is 3.22. The highest BCUT2D eigenvalue weighted by molar-refractivity contribution is 7.18. The maximum Gasteiger partial charge on any atom is 0.334 e. The van der Waals surface area contributed by atoms with Gasteiger partial charge in [0.2, 0.25) is 0 Å². The van der Waals surface area contributed by atoms with Crippen LogP contribution in [0.3, 0.4) is 0 Å². The van der Waals surface area contributed by atoms with E-state index in [1.54, 1.807) is 25.6 Å². The van der Waals surface area contributed by atoms with E-state index in [0.29, 0.717) is 0 Å². The predicted octanol–water partition coefficient (Wildman–Crippen LogP) is 3.59. The number of aromatic nitrogens is 1. The van der Waals surface area contributed by atoms with Crippen molar-refractivity contribution in [2.75, 3.05) is 14.2 Å². The molecule has 0 aliphatic carbocycles. The van der Waals surface area contributed by atoms with E-state index < -0.39 is 8.56 Å². The zero-order valence-corrected chi connectivity index (χ0v) is 12.9. The molecule has 18 heavy (non-hydrogen) atoms. The second-order valence-electron chi connectivity index (χ2n) is 4.47. The molecule has 2 rings (SSSR count). The van der Waals surface area contributed by atoms with Gasteiger partial charge in [0.1, 0.15) is 0 Å². The first kappa shape index (κ1) is 13.7. The van der Waals surface area contributed by atoms with Crippen molar-refractivity contribution in [1.29, 1.82) is 0 Å². The fourth-order valence-electron chi connectivity index (χ4n) is 1.88. The van der Waals surface area contributed by atoms with Gasteiger partial charge in [0.05, 0.1) is 15.2 Å². The standard InChI is InChI=1S/C13H19NO2SSi/c1-15-18(3,16-2)10-6-9-13-14-11-7-4-5-8-12(11)17-13/h4-5,7-8H,6,9-10H2,1-3H3. The predicted molar refractivity (Wildman–Crippen MR) is 78.4 cm³/mol.